The van der Waals surface area contributed by atoms with Gasteiger partial charge in [-0.2, -0.15) is 0 Å². The van der Waals surface area contributed by atoms with Crippen LogP contribution in [-0.4, -0.2) is 11.9 Å². The highest BCUT2D eigenvalue weighted by Gasteiger charge is 2.43. The fraction of sp³-hybridized carbons (Fsp3) is 0.0882. The Kier molecular flexibility index (Phi) is 7.94. The minimum atomic E-state index is -3.39. The lowest BCUT2D eigenvalue weighted by Gasteiger charge is -2.32. The number of hydrogen-bond donors (Lipinski definition) is 0. The van der Waals surface area contributed by atoms with Gasteiger partial charge in [0.2, 0.25) is 0 Å². The van der Waals surface area contributed by atoms with E-state index in [0.717, 1.165) is 16.2 Å². The van der Waals surface area contributed by atoms with Crippen molar-refractivity contribution in [2.75, 3.05) is 6.16 Å². The molecule has 194 valence electrons. The SMILES string of the molecule is CC(=O)c1ccc(C(CP(=O)(c2ccccc2)c2ccccc2)P(=O)(c2ccccc2)c2ccccc2)cc1. The number of carbonyl (C=O) groups excluding carboxylic acids is 1. The van der Waals surface area contributed by atoms with Crippen molar-refractivity contribution in [3.63, 3.8) is 0 Å². The number of benzene rings is 5. The minimum Gasteiger partial charge on any atom is -0.314 e. The van der Waals surface area contributed by atoms with Gasteiger partial charge in [0.15, 0.2) is 12.9 Å². The molecule has 3 nitrogen and oxygen atoms in total. The van der Waals surface area contributed by atoms with Crippen molar-refractivity contribution in [3.05, 3.63) is 157 Å². The van der Waals surface area contributed by atoms with E-state index in [2.05, 4.69) is 0 Å². The van der Waals surface area contributed by atoms with E-state index >= 15 is 9.13 Å². The Labute approximate surface area is 230 Å². The first-order valence-electron chi connectivity index (χ1n) is 12.9. The molecule has 5 aromatic carbocycles. The third-order valence-corrected chi connectivity index (χ3v) is 14.1. The molecule has 0 saturated heterocycles. The maximum absolute atomic E-state index is 15.7. The Morgan fingerprint density at radius 3 is 1.26 bits per heavy atom. The highest BCUT2D eigenvalue weighted by atomic mass is 31.2. The Bertz CT molecular complexity index is 1550. The van der Waals surface area contributed by atoms with Crippen LogP contribution in [0.25, 0.3) is 0 Å². The van der Waals surface area contributed by atoms with Gasteiger partial charge in [-0.25, -0.2) is 0 Å². The smallest absolute Gasteiger partial charge is 0.159 e. The van der Waals surface area contributed by atoms with Gasteiger partial charge in [-0.1, -0.05) is 146 Å². The van der Waals surface area contributed by atoms with Crippen LogP contribution in [-0.2, 0) is 9.13 Å². The molecular formula is C34H30O3P2. The second-order valence-corrected chi connectivity index (χ2v) is 15.5. The molecule has 0 aromatic heterocycles. The van der Waals surface area contributed by atoms with E-state index in [1.54, 1.807) is 12.1 Å². The summed E-state index contributed by atoms with van der Waals surface area (Å²) in [5, 5.41) is 2.89. The van der Waals surface area contributed by atoms with E-state index in [4.69, 9.17) is 0 Å². The number of carbonyl (C=O) groups is 1. The molecule has 0 aliphatic heterocycles. The van der Waals surface area contributed by atoms with Crippen molar-refractivity contribution in [1.29, 1.82) is 0 Å². The Morgan fingerprint density at radius 1 is 0.538 bits per heavy atom. The first-order valence-corrected chi connectivity index (χ1v) is 16.6. The zero-order valence-corrected chi connectivity index (χ0v) is 23.5. The second-order valence-electron chi connectivity index (χ2n) is 9.62. The number of Topliss-reactive ketones (excluding diaryl/α,β-unsaturated/α-hetero) is 1. The molecule has 1 atom stereocenters. The fourth-order valence-electron chi connectivity index (χ4n) is 5.12. The molecular weight excluding hydrogens is 518 g/mol. The van der Waals surface area contributed by atoms with Crippen molar-refractivity contribution in [3.8, 4) is 0 Å². The number of ketones is 1. The Balaban J connectivity index is 1.78. The van der Waals surface area contributed by atoms with Crippen molar-refractivity contribution in [2.45, 2.75) is 12.6 Å². The van der Waals surface area contributed by atoms with E-state index in [0.29, 0.717) is 16.2 Å². The van der Waals surface area contributed by atoms with Crippen LogP contribution in [0.5, 0.6) is 0 Å². The van der Waals surface area contributed by atoms with Gasteiger partial charge in [0, 0.05) is 32.9 Å². The molecule has 0 N–H and O–H groups in total. The molecule has 39 heavy (non-hydrogen) atoms. The van der Waals surface area contributed by atoms with Crippen molar-refractivity contribution >= 4 is 41.3 Å². The number of rotatable bonds is 9. The van der Waals surface area contributed by atoms with E-state index in [1.165, 1.54) is 6.92 Å². The molecule has 0 bridgehead atoms. The third kappa shape index (κ3) is 5.39. The van der Waals surface area contributed by atoms with Gasteiger partial charge in [0.25, 0.3) is 0 Å². The standard InChI is InChI=1S/C34H30O3P2/c1-27(35)28-22-24-29(25-23-28)34(39(37,32-18-10-4-11-19-32)33-20-12-5-13-21-33)26-38(36,30-14-6-2-7-15-30)31-16-8-3-9-17-31/h2-25,34H,26H2,1H3. The van der Waals surface area contributed by atoms with E-state index in [-0.39, 0.29) is 11.9 Å². The third-order valence-electron chi connectivity index (χ3n) is 7.20. The molecule has 0 saturated carbocycles. The van der Waals surface area contributed by atoms with Crippen LogP contribution in [0, 0.1) is 0 Å². The highest BCUT2D eigenvalue weighted by molar-refractivity contribution is 7.82. The topological polar surface area (TPSA) is 51.2 Å². The molecule has 5 rings (SSSR count). The minimum absolute atomic E-state index is 0.0355. The monoisotopic (exact) mass is 548 g/mol. The summed E-state index contributed by atoms with van der Waals surface area (Å²) in [5.74, 6) is -0.0355. The summed E-state index contributed by atoms with van der Waals surface area (Å²) in [6.07, 6.45) is 0.168. The second kappa shape index (κ2) is 11.5. The molecule has 0 aliphatic carbocycles. The molecule has 0 fully saturated rings. The van der Waals surface area contributed by atoms with Gasteiger partial charge in [-0.15, -0.1) is 0 Å². The summed E-state index contributed by atoms with van der Waals surface area (Å²) in [6, 6.07) is 45.4. The van der Waals surface area contributed by atoms with Crippen molar-refractivity contribution in [1.82, 2.24) is 0 Å². The lowest BCUT2D eigenvalue weighted by Crippen LogP contribution is -2.27. The quantitative estimate of drug-likeness (QED) is 0.148. The van der Waals surface area contributed by atoms with Crippen molar-refractivity contribution in [2.24, 2.45) is 0 Å². The van der Waals surface area contributed by atoms with Gasteiger partial charge in [-0.05, 0) is 12.5 Å². The molecule has 5 heteroatoms. The fourth-order valence-corrected chi connectivity index (χ4v) is 12.3. The summed E-state index contributed by atoms with van der Waals surface area (Å²) in [6.45, 7) is 1.53. The maximum Gasteiger partial charge on any atom is 0.159 e. The predicted octanol–water partition coefficient (Wildman–Crippen LogP) is 6.96. The van der Waals surface area contributed by atoms with Crippen LogP contribution in [0.1, 0.15) is 28.5 Å². The van der Waals surface area contributed by atoms with Gasteiger partial charge in [0.05, 0.1) is 5.66 Å². The molecule has 0 spiro atoms. The average molecular weight is 549 g/mol. The summed E-state index contributed by atoms with van der Waals surface area (Å²) >= 11 is 0. The van der Waals surface area contributed by atoms with E-state index in [1.807, 2.05) is 133 Å². The molecule has 5 aromatic rings. The van der Waals surface area contributed by atoms with Crippen LogP contribution in [0.4, 0.5) is 0 Å². The summed E-state index contributed by atoms with van der Waals surface area (Å²) in [7, 11) is -6.64. The zero-order valence-electron chi connectivity index (χ0n) is 21.8. The van der Waals surface area contributed by atoms with E-state index in [9.17, 15) is 4.79 Å². The van der Waals surface area contributed by atoms with Gasteiger partial charge in [-0.3, -0.25) is 4.79 Å². The Morgan fingerprint density at radius 2 is 0.897 bits per heavy atom. The first-order chi connectivity index (χ1) is 18.9. The van der Waals surface area contributed by atoms with Crippen LogP contribution in [0.15, 0.2) is 146 Å². The van der Waals surface area contributed by atoms with Crippen LogP contribution < -0.4 is 21.2 Å². The van der Waals surface area contributed by atoms with Crippen LogP contribution in [0.3, 0.4) is 0 Å². The molecule has 1 unspecified atom stereocenters. The van der Waals surface area contributed by atoms with Crippen LogP contribution in [0.2, 0.25) is 0 Å². The largest absolute Gasteiger partial charge is 0.314 e. The van der Waals surface area contributed by atoms with Crippen LogP contribution >= 0.6 is 14.3 Å². The zero-order chi connectivity index (χ0) is 27.3. The summed E-state index contributed by atoms with van der Waals surface area (Å²) < 4.78 is 31.0. The average Bonchev–Trinajstić information content (AvgIpc) is 3.01. The normalized spacial score (nSPS) is 12.5. The highest BCUT2D eigenvalue weighted by Crippen LogP contribution is 2.62. The molecule has 0 radical (unpaired) electrons. The van der Waals surface area contributed by atoms with Gasteiger partial charge in [0.1, 0.15) is 7.14 Å². The first kappa shape index (κ1) is 26.8. The maximum atomic E-state index is 15.7. The van der Waals surface area contributed by atoms with Gasteiger partial charge >= 0.3 is 0 Å². The molecule has 0 heterocycles. The number of hydrogen-bond acceptors (Lipinski definition) is 3. The predicted molar refractivity (Wildman–Crippen MR) is 164 cm³/mol. The Hall–Kier alpha value is -3.77. The van der Waals surface area contributed by atoms with E-state index < -0.39 is 19.9 Å². The lowest BCUT2D eigenvalue weighted by atomic mass is 10.1. The molecule has 0 aliphatic rings. The summed E-state index contributed by atoms with van der Waals surface area (Å²) in [4.78, 5) is 12.1. The van der Waals surface area contributed by atoms with Gasteiger partial charge < -0.3 is 9.13 Å². The summed E-state index contributed by atoms with van der Waals surface area (Å²) in [5.41, 5.74) is 0.777. The molecule has 0 amide bonds. The van der Waals surface area contributed by atoms with Crippen molar-refractivity contribution < 1.29 is 13.9 Å². The lowest BCUT2D eigenvalue weighted by molar-refractivity contribution is 0.101.